The van der Waals surface area contributed by atoms with Gasteiger partial charge in [-0.15, -0.1) is 10.2 Å². The lowest BCUT2D eigenvalue weighted by atomic mass is 9.96. The third-order valence-electron chi connectivity index (χ3n) is 4.46. The maximum Gasteiger partial charge on any atom is 0.231 e. The minimum atomic E-state index is 0.0374. The number of aromatic nitrogens is 3. The van der Waals surface area contributed by atoms with Crippen LogP contribution in [0.4, 0.5) is 5.95 Å². The standard InChI is InChI=1S/C17H19N5O2/c23-16(18-12-14-4-3-11-24-14)13-6-9-21(10-7-13)17-20-19-15-5-1-2-8-22(15)17/h1-5,8,11,13H,6-7,9-10,12H2,(H,18,23). The van der Waals surface area contributed by atoms with E-state index in [0.29, 0.717) is 6.54 Å². The number of anilines is 1. The van der Waals surface area contributed by atoms with Crippen molar-refractivity contribution in [1.29, 1.82) is 0 Å². The van der Waals surface area contributed by atoms with Gasteiger partial charge in [-0.2, -0.15) is 0 Å². The molecular formula is C17H19N5O2. The van der Waals surface area contributed by atoms with Gasteiger partial charge in [0, 0.05) is 25.2 Å². The number of carbonyl (C=O) groups excluding carboxylic acids is 1. The maximum atomic E-state index is 12.3. The van der Waals surface area contributed by atoms with Gasteiger partial charge in [0.15, 0.2) is 5.65 Å². The molecule has 0 unspecified atom stereocenters. The quantitative estimate of drug-likeness (QED) is 0.792. The van der Waals surface area contributed by atoms with Gasteiger partial charge < -0.3 is 14.6 Å². The number of fused-ring (bicyclic) bond motifs is 1. The number of piperidine rings is 1. The Morgan fingerprint density at radius 1 is 1.21 bits per heavy atom. The van der Waals surface area contributed by atoms with E-state index in [1.165, 1.54) is 0 Å². The van der Waals surface area contributed by atoms with Crippen LogP contribution in [0.1, 0.15) is 18.6 Å². The number of nitrogens with zero attached hydrogens (tertiary/aromatic N) is 4. The second-order valence-corrected chi connectivity index (χ2v) is 5.99. The number of carbonyl (C=O) groups is 1. The molecule has 3 aromatic heterocycles. The summed E-state index contributed by atoms with van der Waals surface area (Å²) < 4.78 is 7.22. The Morgan fingerprint density at radius 2 is 2.08 bits per heavy atom. The molecule has 0 atom stereocenters. The molecule has 0 bridgehead atoms. The van der Waals surface area contributed by atoms with Crippen LogP contribution in [0.5, 0.6) is 0 Å². The smallest absolute Gasteiger partial charge is 0.231 e. The molecule has 24 heavy (non-hydrogen) atoms. The minimum Gasteiger partial charge on any atom is -0.467 e. The molecule has 1 amide bonds. The van der Waals surface area contributed by atoms with Crippen molar-refractivity contribution in [3.05, 3.63) is 48.6 Å². The van der Waals surface area contributed by atoms with Crippen molar-refractivity contribution in [2.24, 2.45) is 5.92 Å². The summed E-state index contributed by atoms with van der Waals surface area (Å²) in [6, 6.07) is 9.53. The fourth-order valence-corrected chi connectivity index (χ4v) is 3.12. The zero-order valence-corrected chi connectivity index (χ0v) is 13.3. The number of rotatable bonds is 4. The molecule has 0 spiro atoms. The molecule has 7 heteroatoms. The highest BCUT2D eigenvalue weighted by Crippen LogP contribution is 2.22. The van der Waals surface area contributed by atoms with E-state index in [4.69, 9.17) is 4.42 Å². The first-order chi connectivity index (χ1) is 11.8. The molecule has 7 nitrogen and oxygen atoms in total. The molecule has 1 fully saturated rings. The van der Waals surface area contributed by atoms with Crippen LogP contribution >= 0.6 is 0 Å². The van der Waals surface area contributed by atoms with E-state index in [9.17, 15) is 4.79 Å². The van der Waals surface area contributed by atoms with Crippen LogP contribution in [0.25, 0.3) is 5.65 Å². The van der Waals surface area contributed by atoms with Gasteiger partial charge in [-0.3, -0.25) is 9.20 Å². The third-order valence-corrected chi connectivity index (χ3v) is 4.46. The molecule has 1 aliphatic rings. The van der Waals surface area contributed by atoms with E-state index in [-0.39, 0.29) is 11.8 Å². The zero-order chi connectivity index (χ0) is 16.4. The lowest BCUT2D eigenvalue weighted by Gasteiger charge is -2.31. The third kappa shape index (κ3) is 2.84. The molecule has 4 rings (SSSR count). The summed E-state index contributed by atoms with van der Waals surface area (Å²) in [5.74, 6) is 1.75. The predicted octanol–water partition coefficient (Wildman–Crippen LogP) is 1.86. The molecule has 0 aromatic carbocycles. The van der Waals surface area contributed by atoms with E-state index < -0.39 is 0 Å². The van der Waals surface area contributed by atoms with Crippen molar-refractivity contribution in [2.45, 2.75) is 19.4 Å². The topological polar surface area (TPSA) is 75.7 Å². The van der Waals surface area contributed by atoms with E-state index in [2.05, 4.69) is 20.4 Å². The van der Waals surface area contributed by atoms with Crippen LogP contribution < -0.4 is 10.2 Å². The Balaban J connectivity index is 1.35. The van der Waals surface area contributed by atoms with Crippen molar-refractivity contribution < 1.29 is 9.21 Å². The Hall–Kier alpha value is -2.83. The largest absolute Gasteiger partial charge is 0.467 e. The van der Waals surface area contributed by atoms with Crippen molar-refractivity contribution in [1.82, 2.24) is 19.9 Å². The number of hydrogen-bond donors (Lipinski definition) is 1. The molecule has 4 heterocycles. The summed E-state index contributed by atoms with van der Waals surface area (Å²) in [6.07, 6.45) is 5.20. The van der Waals surface area contributed by atoms with Gasteiger partial charge in [0.25, 0.3) is 0 Å². The lowest BCUT2D eigenvalue weighted by Crippen LogP contribution is -2.41. The fourth-order valence-electron chi connectivity index (χ4n) is 3.12. The van der Waals surface area contributed by atoms with Crippen LogP contribution in [0.3, 0.4) is 0 Å². The Labute approximate surface area is 139 Å². The van der Waals surface area contributed by atoms with E-state index in [1.54, 1.807) is 6.26 Å². The summed E-state index contributed by atoms with van der Waals surface area (Å²) in [7, 11) is 0. The summed E-state index contributed by atoms with van der Waals surface area (Å²) in [5, 5.41) is 11.4. The normalized spacial score (nSPS) is 15.8. The van der Waals surface area contributed by atoms with E-state index in [0.717, 1.165) is 43.3 Å². The minimum absolute atomic E-state index is 0.0374. The number of pyridine rings is 1. The second kappa shape index (κ2) is 6.35. The van der Waals surface area contributed by atoms with Gasteiger partial charge in [-0.25, -0.2) is 0 Å². The summed E-state index contributed by atoms with van der Waals surface area (Å²) in [6.45, 7) is 2.05. The lowest BCUT2D eigenvalue weighted by molar-refractivity contribution is -0.125. The van der Waals surface area contributed by atoms with Crippen LogP contribution in [-0.4, -0.2) is 33.6 Å². The van der Waals surface area contributed by atoms with Gasteiger partial charge in [0.2, 0.25) is 11.9 Å². The average molecular weight is 325 g/mol. The number of hydrogen-bond acceptors (Lipinski definition) is 5. The number of amides is 1. The molecule has 0 radical (unpaired) electrons. The van der Waals surface area contributed by atoms with Gasteiger partial charge in [-0.05, 0) is 37.1 Å². The highest BCUT2D eigenvalue weighted by Gasteiger charge is 2.27. The van der Waals surface area contributed by atoms with E-state index in [1.807, 2.05) is 40.9 Å². The first kappa shape index (κ1) is 14.7. The molecule has 1 N–H and O–H groups in total. The van der Waals surface area contributed by atoms with Crippen LogP contribution in [0.15, 0.2) is 47.2 Å². The molecule has 3 aromatic rings. The number of nitrogens with one attached hydrogen (secondary N) is 1. The van der Waals surface area contributed by atoms with Crippen molar-refractivity contribution >= 4 is 17.5 Å². The monoisotopic (exact) mass is 325 g/mol. The van der Waals surface area contributed by atoms with Crippen LogP contribution in [0.2, 0.25) is 0 Å². The van der Waals surface area contributed by atoms with Gasteiger partial charge >= 0.3 is 0 Å². The summed E-state index contributed by atoms with van der Waals surface area (Å²) in [5.41, 5.74) is 0.839. The molecular weight excluding hydrogens is 306 g/mol. The zero-order valence-electron chi connectivity index (χ0n) is 13.3. The molecule has 124 valence electrons. The average Bonchev–Trinajstić information content (AvgIpc) is 3.29. The van der Waals surface area contributed by atoms with Gasteiger partial charge in [0.1, 0.15) is 5.76 Å². The van der Waals surface area contributed by atoms with Crippen LogP contribution in [0, 0.1) is 5.92 Å². The Morgan fingerprint density at radius 3 is 2.88 bits per heavy atom. The second-order valence-electron chi connectivity index (χ2n) is 5.99. The first-order valence-electron chi connectivity index (χ1n) is 8.16. The molecule has 0 saturated carbocycles. The summed E-state index contributed by atoms with van der Waals surface area (Å²) >= 11 is 0. The van der Waals surface area contributed by atoms with Gasteiger partial charge in [-0.1, -0.05) is 6.07 Å². The van der Waals surface area contributed by atoms with Crippen molar-refractivity contribution in [3.63, 3.8) is 0 Å². The first-order valence-corrected chi connectivity index (χ1v) is 8.16. The maximum absolute atomic E-state index is 12.3. The predicted molar refractivity (Wildman–Crippen MR) is 88.5 cm³/mol. The fraction of sp³-hybridized carbons (Fsp3) is 0.353. The molecule has 1 aliphatic heterocycles. The van der Waals surface area contributed by atoms with E-state index >= 15 is 0 Å². The molecule has 0 aliphatic carbocycles. The van der Waals surface area contributed by atoms with Gasteiger partial charge in [0.05, 0.1) is 12.8 Å². The molecule has 1 saturated heterocycles. The highest BCUT2D eigenvalue weighted by molar-refractivity contribution is 5.78. The summed E-state index contributed by atoms with van der Waals surface area (Å²) in [4.78, 5) is 14.5. The Kier molecular flexibility index (Phi) is 3.90. The van der Waals surface area contributed by atoms with Crippen LogP contribution in [-0.2, 0) is 11.3 Å². The van der Waals surface area contributed by atoms with Crippen molar-refractivity contribution in [3.8, 4) is 0 Å². The number of furan rings is 1. The SMILES string of the molecule is O=C(NCc1ccco1)C1CCN(c2nnc3ccccn23)CC1. The van der Waals surface area contributed by atoms with Crippen molar-refractivity contribution in [2.75, 3.05) is 18.0 Å². The Bertz CT molecular complexity index is 819. The highest BCUT2D eigenvalue weighted by atomic mass is 16.3.